The average molecular weight is 648 g/mol. The molecule has 0 aliphatic carbocycles. The molecule has 3 atom stereocenters. The first-order chi connectivity index (χ1) is 22.8. The van der Waals surface area contributed by atoms with Gasteiger partial charge in [-0.25, -0.2) is 18.0 Å². The van der Waals surface area contributed by atoms with Crippen molar-refractivity contribution in [3.05, 3.63) is 125 Å². The van der Waals surface area contributed by atoms with E-state index < -0.39 is 35.5 Å². The first kappa shape index (κ1) is 33.4. The number of pyridine rings is 1. The van der Waals surface area contributed by atoms with Gasteiger partial charge in [0.15, 0.2) is 0 Å². The van der Waals surface area contributed by atoms with Crippen LogP contribution in [0.15, 0.2) is 91.3 Å². The zero-order valence-electron chi connectivity index (χ0n) is 25.6. The summed E-state index contributed by atoms with van der Waals surface area (Å²) in [5.41, 5.74) is 2.79. The molecule has 1 aliphatic rings. The lowest BCUT2D eigenvalue weighted by Crippen LogP contribution is -2.49. The van der Waals surface area contributed by atoms with Crippen LogP contribution in [0.25, 0.3) is 0 Å². The van der Waals surface area contributed by atoms with E-state index in [4.69, 9.17) is 9.47 Å². The summed E-state index contributed by atoms with van der Waals surface area (Å²) in [6.45, 7) is 1.23. The fourth-order valence-corrected chi connectivity index (χ4v) is 5.13. The fraction of sp³-hybridized carbons (Fsp3) is 0.286. The number of nitrogens with zero attached hydrogens (tertiary/aromatic N) is 1. The Kier molecular flexibility index (Phi) is 11.8. The van der Waals surface area contributed by atoms with Crippen LogP contribution < -0.4 is 21.3 Å². The summed E-state index contributed by atoms with van der Waals surface area (Å²) in [4.78, 5) is 29.5. The van der Waals surface area contributed by atoms with Crippen molar-refractivity contribution in [1.29, 1.82) is 0 Å². The van der Waals surface area contributed by atoms with Gasteiger partial charge in [0.05, 0.1) is 18.8 Å². The van der Waals surface area contributed by atoms with Gasteiger partial charge in [-0.3, -0.25) is 9.78 Å². The minimum atomic E-state index is -0.860. The first-order valence-corrected chi connectivity index (χ1v) is 15.3. The number of ether oxygens (including phenoxy) is 2. The van der Waals surface area contributed by atoms with Crippen molar-refractivity contribution in [3.8, 4) is 0 Å². The van der Waals surface area contributed by atoms with Gasteiger partial charge in [-0.2, -0.15) is 0 Å². The lowest BCUT2D eigenvalue weighted by Gasteiger charge is -2.30. The van der Waals surface area contributed by atoms with Gasteiger partial charge in [0.2, 0.25) is 5.91 Å². The maximum atomic E-state index is 15.2. The molecule has 0 unspecified atom stereocenters. The third-order valence-electron chi connectivity index (χ3n) is 7.69. The Morgan fingerprint density at radius 2 is 1.72 bits per heavy atom. The van der Waals surface area contributed by atoms with Crippen molar-refractivity contribution >= 4 is 23.4 Å². The van der Waals surface area contributed by atoms with Gasteiger partial charge < -0.3 is 30.7 Å². The molecule has 1 saturated heterocycles. The molecule has 0 radical (unpaired) electrons. The summed E-state index contributed by atoms with van der Waals surface area (Å²) in [6.07, 6.45) is 3.56. The Balaban J connectivity index is 1.15. The van der Waals surface area contributed by atoms with E-state index in [2.05, 4.69) is 26.3 Å². The number of alkyl carbamates (subject to hydrolysis) is 1. The van der Waals surface area contributed by atoms with Crippen molar-refractivity contribution in [2.75, 3.05) is 30.4 Å². The van der Waals surface area contributed by atoms with Crippen LogP contribution >= 0.6 is 0 Å². The first-order valence-electron chi connectivity index (χ1n) is 15.3. The molecule has 12 heteroatoms. The number of benzene rings is 3. The maximum absolute atomic E-state index is 15.2. The molecule has 9 nitrogen and oxygen atoms in total. The van der Waals surface area contributed by atoms with Crippen molar-refractivity contribution < 1.29 is 32.2 Å². The van der Waals surface area contributed by atoms with Gasteiger partial charge in [0.1, 0.15) is 30.1 Å². The van der Waals surface area contributed by atoms with Gasteiger partial charge in [-0.1, -0.05) is 24.3 Å². The minimum absolute atomic E-state index is 0.127. The highest BCUT2D eigenvalue weighted by Gasteiger charge is 2.25. The molecule has 47 heavy (non-hydrogen) atoms. The van der Waals surface area contributed by atoms with Crippen LogP contribution in [0.4, 0.5) is 29.3 Å². The molecule has 0 spiro atoms. The molecule has 1 aromatic heterocycles. The van der Waals surface area contributed by atoms with Crippen molar-refractivity contribution in [1.82, 2.24) is 15.6 Å². The predicted octanol–water partition coefficient (Wildman–Crippen LogP) is 5.38. The van der Waals surface area contributed by atoms with Gasteiger partial charge >= 0.3 is 6.09 Å². The summed E-state index contributed by atoms with van der Waals surface area (Å²) in [6, 6.07) is 18.4. The number of hydrogen-bond acceptors (Lipinski definition) is 7. The summed E-state index contributed by atoms with van der Waals surface area (Å²) in [5, 5.41) is 12.0. The largest absolute Gasteiger partial charge is 0.448 e. The van der Waals surface area contributed by atoms with Crippen molar-refractivity contribution in [3.63, 3.8) is 0 Å². The molecule has 0 saturated carbocycles. The number of carbonyl (C=O) groups excluding carboxylic acids is 2. The smallest absolute Gasteiger partial charge is 0.407 e. The second kappa shape index (κ2) is 16.6. The van der Waals surface area contributed by atoms with Gasteiger partial charge in [-0.05, 0) is 78.6 Å². The highest BCUT2D eigenvalue weighted by atomic mass is 19.1. The molecule has 1 fully saturated rings. The van der Waals surface area contributed by atoms with E-state index in [9.17, 15) is 18.4 Å². The van der Waals surface area contributed by atoms with Crippen molar-refractivity contribution in [2.24, 2.45) is 0 Å². The second-order valence-corrected chi connectivity index (χ2v) is 11.2. The number of anilines is 2. The summed E-state index contributed by atoms with van der Waals surface area (Å²) in [5.74, 6) is -1.69. The van der Waals surface area contributed by atoms with Crippen LogP contribution in [0.1, 0.15) is 23.1 Å². The van der Waals surface area contributed by atoms with E-state index in [0.717, 1.165) is 5.56 Å². The lowest BCUT2D eigenvalue weighted by molar-refractivity contribution is -0.116. The molecular weight excluding hydrogens is 611 g/mol. The zero-order valence-corrected chi connectivity index (χ0v) is 25.6. The molecule has 3 aromatic carbocycles. The van der Waals surface area contributed by atoms with Gasteiger partial charge in [0, 0.05) is 48.8 Å². The Labute approximate surface area is 270 Å². The Morgan fingerprint density at radius 1 is 0.957 bits per heavy atom. The monoisotopic (exact) mass is 647 g/mol. The minimum Gasteiger partial charge on any atom is -0.448 e. The third-order valence-corrected chi connectivity index (χ3v) is 7.69. The van der Waals surface area contributed by atoms with Crippen LogP contribution in [0.5, 0.6) is 0 Å². The molecule has 4 N–H and O–H groups in total. The number of carbonyl (C=O) groups is 2. The molecule has 1 aliphatic heterocycles. The number of morpholine rings is 1. The van der Waals surface area contributed by atoms with Crippen molar-refractivity contribution in [2.45, 2.75) is 44.0 Å². The molecule has 2 heterocycles. The van der Waals surface area contributed by atoms with Gasteiger partial charge in [0.25, 0.3) is 0 Å². The standard InChI is InChI=1S/C35H36F3N5O4/c36-25-8-6-23(7-9-25)17-33(34(44)42-27-12-10-26(37)11-13-27)43-32-5-1-4-31(38)30(32)15-14-29-20-40-28(21-46-29)22-47-35(45)41-19-24-3-2-16-39-18-24/h1-13,16,18,28-29,33,40,43H,14-15,17,19-22H2,(H,41,45)(H,42,44)/t28-,29+,33-/m0/s1. The van der Waals surface area contributed by atoms with Crippen LogP contribution in [0.3, 0.4) is 0 Å². The highest BCUT2D eigenvalue weighted by Crippen LogP contribution is 2.24. The van der Waals surface area contributed by atoms with Gasteiger partial charge in [-0.15, -0.1) is 0 Å². The molecule has 0 bridgehead atoms. The Hall–Kier alpha value is -4.94. The maximum Gasteiger partial charge on any atom is 0.407 e. The molecular formula is C35H36F3N5O4. The molecule has 2 amide bonds. The zero-order chi connectivity index (χ0) is 33.0. The highest BCUT2D eigenvalue weighted by molar-refractivity contribution is 5.96. The van der Waals surface area contributed by atoms with E-state index in [0.29, 0.717) is 55.0 Å². The van der Waals surface area contributed by atoms with Crippen LogP contribution in [-0.4, -0.2) is 54.9 Å². The number of aromatic nitrogens is 1. The number of amides is 2. The lowest BCUT2D eigenvalue weighted by atomic mass is 10.0. The Morgan fingerprint density at radius 3 is 2.43 bits per heavy atom. The van der Waals surface area contributed by atoms with Crippen LogP contribution in [0.2, 0.25) is 0 Å². The number of nitrogens with one attached hydrogen (secondary N) is 4. The van der Waals surface area contributed by atoms with E-state index in [1.165, 1.54) is 42.5 Å². The predicted molar refractivity (Wildman–Crippen MR) is 171 cm³/mol. The summed E-state index contributed by atoms with van der Waals surface area (Å²) in [7, 11) is 0. The summed E-state index contributed by atoms with van der Waals surface area (Å²) < 4.78 is 53.5. The third kappa shape index (κ3) is 10.3. The van der Waals surface area contributed by atoms with E-state index >= 15 is 4.39 Å². The number of halogens is 3. The quantitative estimate of drug-likeness (QED) is 0.154. The normalized spacial score (nSPS) is 16.6. The Bertz CT molecular complexity index is 1600. The molecule has 246 valence electrons. The van der Waals surface area contributed by atoms with E-state index in [1.54, 1.807) is 42.7 Å². The van der Waals surface area contributed by atoms with E-state index in [1.807, 2.05) is 6.07 Å². The van der Waals surface area contributed by atoms with Crippen LogP contribution in [0, 0.1) is 17.5 Å². The van der Waals surface area contributed by atoms with E-state index in [-0.39, 0.29) is 25.2 Å². The second-order valence-electron chi connectivity index (χ2n) is 11.2. The molecule has 4 aromatic rings. The van der Waals surface area contributed by atoms with Crippen LogP contribution in [-0.2, 0) is 33.7 Å². The topological polar surface area (TPSA) is 114 Å². The number of rotatable bonds is 13. The molecule has 5 rings (SSSR count). The fourth-order valence-electron chi connectivity index (χ4n) is 5.13. The number of hydrogen-bond donors (Lipinski definition) is 4. The SMILES string of the molecule is O=C(NCc1cccnc1)OC[C@@H]1CO[C@H](CCc2c(F)cccc2N[C@@H](Cc2ccc(F)cc2)C(=O)Nc2ccc(F)cc2)CN1. The average Bonchev–Trinajstić information content (AvgIpc) is 3.08. The summed E-state index contributed by atoms with van der Waals surface area (Å²) >= 11 is 0.